The predicted octanol–water partition coefficient (Wildman–Crippen LogP) is 2.39. The van der Waals surface area contributed by atoms with E-state index in [9.17, 15) is 14.0 Å². The number of methoxy groups -OCH3 is 1. The van der Waals surface area contributed by atoms with Crippen LogP contribution in [0.5, 0.6) is 0 Å². The summed E-state index contributed by atoms with van der Waals surface area (Å²) in [6.45, 7) is 5.08. The van der Waals surface area contributed by atoms with Gasteiger partial charge >= 0.3 is 12.1 Å². The first-order chi connectivity index (χ1) is 10.2. The molecule has 0 bridgehead atoms. The molecule has 0 spiro atoms. The maximum absolute atomic E-state index is 14.1. The number of halogens is 1. The molecular formula is C15H21FN2O4. The largest absolute Gasteiger partial charge is 0.469 e. The number of esters is 1. The SMILES string of the molecule is COC(=O)C(CN)c1ccc(NC(=O)OC(C)(C)C)cc1F. The second-order valence-electron chi connectivity index (χ2n) is 5.67. The fraction of sp³-hybridized carbons (Fsp3) is 0.467. The van der Waals surface area contributed by atoms with E-state index >= 15 is 0 Å². The topological polar surface area (TPSA) is 90.6 Å². The van der Waals surface area contributed by atoms with Crippen LogP contribution in [-0.4, -0.2) is 31.3 Å². The van der Waals surface area contributed by atoms with Crippen LogP contribution < -0.4 is 11.1 Å². The van der Waals surface area contributed by atoms with E-state index in [0.717, 1.165) is 6.07 Å². The number of ether oxygens (including phenoxy) is 2. The normalized spacial score (nSPS) is 12.5. The van der Waals surface area contributed by atoms with E-state index in [1.54, 1.807) is 20.8 Å². The molecule has 0 fully saturated rings. The standard InChI is InChI=1S/C15H21FN2O4/c1-15(2,3)22-14(20)18-9-5-6-10(12(16)7-9)11(8-17)13(19)21-4/h5-7,11H,8,17H2,1-4H3,(H,18,20). The number of rotatable bonds is 4. The van der Waals surface area contributed by atoms with E-state index < -0.39 is 29.4 Å². The zero-order valence-corrected chi connectivity index (χ0v) is 13.1. The van der Waals surface area contributed by atoms with Crippen molar-refractivity contribution in [2.24, 2.45) is 5.73 Å². The highest BCUT2D eigenvalue weighted by atomic mass is 19.1. The molecule has 0 aliphatic rings. The highest BCUT2D eigenvalue weighted by Gasteiger charge is 2.23. The van der Waals surface area contributed by atoms with Crippen molar-refractivity contribution in [1.29, 1.82) is 0 Å². The van der Waals surface area contributed by atoms with E-state index in [1.807, 2.05) is 0 Å². The van der Waals surface area contributed by atoms with Crippen LogP contribution in [0.3, 0.4) is 0 Å². The molecule has 3 N–H and O–H groups in total. The van der Waals surface area contributed by atoms with Crippen molar-refractivity contribution >= 4 is 17.7 Å². The van der Waals surface area contributed by atoms with Gasteiger partial charge in [-0.1, -0.05) is 6.07 Å². The van der Waals surface area contributed by atoms with Crippen molar-refractivity contribution < 1.29 is 23.5 Å². The van der Waals surface area contributed by atoms with Gasteiger partial charge in [-0.2, -0.15) is 0 Å². The second kappa shape index (κ2) is 7.22. The van der Waals surface area contributed by atoms with E-state index in [0.29, 0.717) is 0 Å². The molecule has 122 valence electrons. The van der Waals surface area contributed by atoms with Crippen LogP contribution in [0.4, 0.5) is 14.9 Å². The van der Waals surface area contributed by atoms with E-state index in [1.165, 1.54) is 19.2 Å². The van der Waals surface area contributed by atoms with Gasteiger partial charge in [-0.15, -0.1) is 0 Å². The zero-order chi connectivity index (χ0) is 16.9. The fourth-order valence-electron chi connectivity index (χ4n) is 1.80. The Morgan fingerprint density at radius 2 is 2.00 bits per heavy atom. The number of hydrogen-bond donors (Lipinski definition) is 2. The number of amides is 1. The van der Waals surface area contributed by atoms with Crippen LogP contribution in [0.15, 0.2) is 18.2 Å². The molecule has 0 aliphatic heterocycles. The lowest BCUT2D eigenvalue weighted by atomic mass is 9.98. The summed E-state index contributed by atoms with van der Waals surface area (Å²) in [5, 5.41) is 2.42. The van der Waals surface area contributed by atoms with Gasteiger partial charge in [0, 0.05) is 17.8 Å². The number of nitrogens with two attached hydrogens (primary N) is 1. The molecule has 0 saturated carbocycles. The Kier molecular flexibility index (Phi) is 5.87. The number of nitrogens with one attached hydrogen (secondary N) is 1. The fourth-order valence-corrected chi connectivity index (χ4v) is 1.80. The second-order valence-corrected chi connectivity index (χ2v) is 5.67. The minimum absolute atomic E-state index is 0.0809. The molecule has 1 amide bonds. The third-order valence-electron chi connectivity index (χ3n) is 2.74. The minimum atomic E-state index is -0.888. The summed E-state index contributed by atoms with van der Waals surface area (Å²) in [6, 6.07) is 3.95. The third-order valence-corrected chi connectivity index (χ3v) is 2.74. The van der Waals surface area contributed by atoms with E-state index in [4.69, 9.17) is 10.5 Å². The highest BCUT2D eigenvalue weighted by Crippen LogP contribution is 2.23. The van der Waals surface area contributed by atoms with Crippen molar-refractivity contribution in [1.82, 2.24) is 0 Å². The van der Waals surface area contributed by atoms with Crippen LogP contribution >= 0.6 is 0 Å². The average Bonchev–Trinajstić information content (AvgIpc) is 2.39. The van der Waals surface area contributed by atoms with Crippen LogP contribution in [0.1, 0.15) is 32.3 Å². The molecule has 1 aromatic rings. The summed E-state index contributed by atoms with van der Waals surface area (Å²) in [5.41, 5.74) is 5.16. The van der Waals surface area contributed by atoms with Gasteiger partial charge in [0.1, 0.15) is 11.4 Å². The van der Waals surface area contributed by atoms with Crippen LogP contribution in [0.25, 0.3) is 0 Å². The van der Waals surface area contributed by atoms with Crippen LogP contribution in [0.2, 0.25) is 0 Å². The monoisotopic (exact) mass is 312 g/mol. The summed E-state index contributed by atoms with van der Waals surface area (Å²) >= 11 is 0. The summed E-state index contributed by atoms with van der Waals surface area (Å²) in [6.07, 6.45) is -0.692. The van der Waals surface area contributed by atoms with Gasteiger partial charge in [0.25, 0.3) is 0 Å². The lowest BCUT2D eigenvalue weighted by molar-refractivity contribution is -0.142. The molecule has 22 heavy (non-hydrogen) atoms. The van der Waals surface area contributed by atoms with Gasteiger partial charge in [-0.05, 0) is 32.9 Å². The first-order valence-corrected chi connectivity index (χ1v) is 6.75. The molecular weight excluding hydrogens is 291 g/mol. The predicted molar refractivity (Wildman–Crippen MR) is 80.1 cm³/mol. The van der Waals surface area contributed by atoms with Crippen LogP contribution in [0, 0.1) is 5.82 Å². The summed E-state index contributed by atoms with van der Waals surface area (Å²) in [5.74, 6) is -2.16. The Bertz CT molecular complexity index is 555. The maximum atomic E-state index is 14.1. The minimum Gasteiger partial charge on any atom is -0.469 e. The molecule has 1 rings (SSSR count). The summed E-state index contributed by atoms with van der Waals surface area (Å²) in [7, 11) is 1.21. The molecule has 0 radical (unpaired) electrons. The first kappa shape index (κ1) is 17.9. The zero-order valence-electron chi connectivity index (χ0n) is 13.1. The van der Waals surface area contributed by atoms with E-state index in [-0.39, 0.29) is 17.8 Å². The van der Waals surface area contributed by atoms with Gasteiger partial charge in [0.05, 0.1) is 13.0 Å². The quantitative estimate of drug-likeness (QED) is 0.833. The van der Waals surface area contributed by atoms with Gasteiger partial charge in [-0.3, -0.25) is 10.1 Å². The lowest BCUT2D eigenvalue weighted by Crippen LogP contribution is -2.27. The molecule has 0 aromatic heterocycles. The Morgan fingerprint density at radius 1 is 1.36 bits per heavy atom. The average molecular weight is 312 g/mol. The Balaban J connectivity index is 2.90. The molecule has 6 nitrogen and oxygen atoms in total. The Hall–Kier alpha value is -2.15. The van der Waals surface area contributed by atoms with Gasteiger partial charge in [-0.25, -0.2) is 9.18 Å². The molecule has 1 unspecified atom stereocenters. The third kappa shape index (κ3) is 5.00. The van der Waals surface area contributed by atoms with Crippen molar-refractivity contribution in [2.45, 2.75) is 32.3 Å². The van der Waals surface area contributed by atoms with Gasteiger partial charge in [0.2, 0.25) is 0 Å². The van der Waals surface area contributed by atoms with Crippen molar-refractivity contribution in [3.8, 4) is 0 Å². The molecule has 1 atom stereocenters. The number of carbonyl (C=O) groups is 2. The van der Waals surface area contributed by atoms with Crippen molar-refractivity contribution in [3.05, 3.63) is 29.6 Å². The summed E-state index contributed by atoms with van der Waals surface area (Å²) < 4.78 is 23.8. The Labute approximate surface area is 128 Å². The molecule has 0 aliphatic carbocycles. The molecule has 0 heterocycles. The molecule has 1 aromatic carbocycles. The Morgan fingerprint density at radius 3 is 2.45 bits per heavy atom. The summed E-state index contributed by atoms with van der Waals surface area (Å²) in [4.78, 5) is 23.2. The molecule has 7 heteroatoms. The number of benzene rings is 1. The maximum Gasteiger partial charge on any atom is 0.412 e. The smallest absolute Gasteiger partial charge is 0.412 e. The van der Waals surface area contributed by atoms with Crippen LogP contribution in [-0.2, 0) is 14.3 Å². The number of hydrogen-bond acceptors (Lipinski definition) is 5. The van der Waals surface area contributed by atoms with E-state index in [2.05, 4.69) is 10.1 Å². The number of anilines is 1. The van der Waals surface area contributed by atoms with Crippen molar-refractivity contribution in [3.63, 3.8) is 0 Å². The van der Waals surface area contributed by atoms with Crippen molar-refractivity contribution in [2.75, 3.05) is 19.0 Å². The van der Waals surface area contributed by atoms with Gasteiger partial charge < -0.3 is 15.2 Å². The molecule has 0 saturated heterocycles. The highest BCUT2D eigenvalue weighted by molar-refractivity contribution is 5.85. The van der Waals surface area contributed by atoms with Gasteiger partial charge in [0.15, 0.2) is 0 Å². The first-order valence-electron chi connectivity index (χ1n) is 6.75. The lowest BCUT2D eigenvalue weighted by Gasteiger charge is -2.20. The number of carbonyl (C=O) groups excluding carboxylic acids is 2.